The molecule has 4 N–H and O–H groups in total. The number of pyridine rings is 1. The number of carbonyl (C=O) groups excluding carboxylic acids is 4. The van der Waals surface area contributed by atoms with E-state index in [9.17, 15) is 14.4 Å². The molecule has 4 aliphatic rings. The van der Waals surface area contributed by atoms with Crippen molar-refractivity contribution in [3.8, 4) is 11.3 Å². The SMILES string of the molecule is Cc1cc(F)c(Nc2nc(-c3ccc4c(c3)N(C3CC(N5CCCCC5)C3)C(=O)C4(CCNC=O)CCC(CCNC=O)CCC3CCCCC3)cc3ncn(C(C)C)c23)cc1C(=O)NC(C)C. The predicted octanol–water partition coefficient (Wildman–Crippen LogP) is 9.64. The van der Waals surface area contributed by atoms with E-state index in [4.69, 9.17) is 9.97 Å². The third kappa shape index (κ3) is 10.6. The van der Waals surface area contributed by atoms with Crippen LogP contribution in [0.4, 0.5) is 21.6 Å². The fourth-order valence-electron chi connectivity index (χ4n) is 11.8. The Morgan fingerprint density at radius 3 is 2.34 bits per heavy atom. The Morgan fingerprint density at radius 2 is 1.62 bits per heavy atom. The van der Waals surface area contributed by atoms with E-state index in [0.29, 0.717) is 71.6 Å². The van der Waals surface area contributed by atoms with Crippen molar-refractivity contribution in [2.75, 3.05) is 36.4 Å². The number of piperidine rings is 1. The van der Waals surface area contributed by atoms with Crippen LogP contribution in [0, 0.1) is 24.6 Å². The summed E-state index contributed by atoms with van der Waals surface area (Å²) >= 11 is 0. The van der Waals surface area contributed by atoms with Gasteiger partial charge in [-0.2, -0.15) is 0 Å². The molecule has 68 heavy (non-hydrogen) atoms. The summed E-state index contributed by atoms with van der Waals surface area (Å²) < 4.78 is 17.9. The normalized spacial score (nSPS) is 21.5. The second kappa shape index (κ2) is 21.9. The molecule has 2 atom stereocenters. The first-order valence-electron chi connectivity index (χ1n) is 25.7. The summed E-state index contributed by atoms with van der Waals surface area (Å²) in [6.07, 6.45) is 20.3. The number of nitrogens with zero attached hydrogens (tertiary/aromatic N) is 5. The van der Waals surface area contributed by atoms with Gasteiger partial charge in [-0.25, -0.2) is 14.4 Å². The lowest BCUT2D eigenvalue weighted by molar-refractivity contribution is -0.125. The minimum atomic E-state index is -0.857. The highest BCUT2D eigenvalue weighted by atomic mass is 19.1. The molecule has 366 valence electrons. The number of benzene rings is 2. The molecule has 8 rings (SSSR count). The quantitative estimate of drug-likeness (QED) is 0.0449. The number of anilines is 3. The molecule has 2 aromatic heterocycles. The molecule has 1 saturated heterocycles. The molecule has 2 aliphatic carbocycles. The van der Waals surface area contributed by atoms with Crippen molar-refractivity contribution in [2.45, 2.75) is 167 Å². The lowest BCUT2D eigenvalue weighted by atomic mass is 9.72. The van der Waals surface area contributed by atoms with Gasteiger partial charge in [0.25, 0.3) is 5.91 Å². The van der Waals surface area contributed by atoms with Gasteiger partial charge in [0, 0.05) is 54.1 Å². The van der Waals surface area contributed by atoms with Crippen LogP contribution in [0.3, 0.4) is 0 Å². The summed E-state index contributed by atoms with van der Waals surface area (Å²) in [5.74, 6) is 0.780. The third-order valence-electron chi connectivity index (χ3n) is 15.6. The van der Waals surface area contributed by atoms with Gasteiger partial charge in [-0.05, 0) is 146 Å². The molecular weight excluding hydrogens is 858 g/mol. The van der Waals surface area contributed by atoms with E-state index in [1.165, 1.54) is 63.9 Å². The number of amides is 4. The van der Waals surface area contributed by atoms with Gasteiger partial charge in [-0.1, -0.05) is 63.5 Å². The fourth-order valence-corrected chi connectivity index (χ4v) is 11.8. The molecule has 2 aliphatic heterocycles. The van der Waals surface area contributed by atoms with Crippen molar-refractivity contribution in [1.82, 2.24) is 35.4 Å². The van der Waals surface area contributed by atoms with Gasteiger partial charge in [0.15, 0.2) is 5.82 Å². The van der Waals surface area contributed by atoms with Crippen molar-refractivity contribution in [2.24, 2.45) is 11.8 Å². The fraction of sp³-hybridized carbons (Fsp3) is 0.593. The summed E-state index contributed by atoms with van der Waals surface area (Å²) in [4.78, 5) is 66.8. The Bertz CT molecular complexity index is 2420. The second-order valence-electron chi connectivity index (χ2n) is 20.9. The van der Waals surface area contributed by atoms with Crippen LogP contribution in [0.5, 0.6) is 0 Å². The first kappa shape index (κ1) is 49.1. The van der Waals surface area contributed by atoms with Crippen LogP contribution in [0.2, 0.25) is 0 Å². The van der Waals surface area contributed by atoms with Crippen molar-refractivity contribution < 1.29 is 23.6 Å². The zero-order valence-corrected chi connectivity index (χ0v) is 41.0. The summed E-state index contributed by atoms with van der Waals surface area (Å²) in [6, 6.07) is 11.5. The average Bonchev–Trinajstić information content (AvgIpc) is 3.85. The third-order valence-corrected chi connectivity index (χ3v) is 15.6. The van der Waals surface area contributed by atoms with Crippen molar-refractivity contribution in [3.05, 3.63) is 65.2 Å². The number of carbonyl (C=O) groups is 4. The van der Waals surface area contributed by atoms with Crippen LogP contribution < -0.4 is 26.2 Å². The number of aryl methyl sites for hydroxylation is 1. The highest BCUT2D eigenvalue weighted by Gasteiger charge is 2.54. The number of nitrogens with one attached hydrogen (secondary N) is 4. The topological polar surface area (TPSA) is 154 Å². The van der Waals surface area contributed by atoms with Gasteiger partial charge in [-0.15, -0.1) is 0 Å². The number of halogens is 1. The van der Waals surface area contributed by atoms with Crippen LogP contribution in [0.15, 0.2) is 42.7 Å². The molecule has 2 saturated carbocycles. The zero-order valence-electron chi connectivity index (χ0n) is 41.0. The molecule has 2 unspecified atom stereocenters. The second-order valence-corrected chi connectivity index (χ2v) is 20.9. The summed E-state index contributed by atoms with van der Waals surface area (Å²) in [5, 5.41) is 12.0. The van der Waals surface area contributed by atoms with E-state index >= 15 is 9.18 Å². The molecule has 0 bridgehead atoms. The first-order chi connectivity index (χ1) is 32.9. The van der Waals surface area contributed by atoms with E-state index in [1.807, 2.05) is 30.5 Å². The zero-order chi connectivity index (χ0) is 48.0. The Labute approximate surface area is 402 Å². The number of rotatable bonds is 22. The molecule has 3 fully saturated rings. The van der Waals surface area contributed by atoms with Crippen LogP contribution in [-0.2, 0) is 19.8 Å². The minimum absolute atomic E-state index is 0.0224. The van der Waals surface area contributed by atoms with Crippen LogP contribution >= 0.6 is 0 Å². The monoisotopic (exact) mass is 932 g/mol. The minimum Gasteiger partial charge on any atom is -0.359 e. The van der Waals surface area contributed by atoms with Gasteiger partial charge in [-0.3, -0.25) is 19.2 Å². The van der Waals surface area contributed by atoms with Gasteiger partial charge in [0.2, 0.25) is 18.7 Å². The largest absolute Gasteiger partial charge is 0.359 e. The van der Waals surface area contributed by atoms with E-state index in [1.54, 1.807) is 19.3 Å². The highest BCUT2D eigenvalue weighted by molar-refractivity contribution is 6.09. The predicted molar refractivity (Wildman–Crippen MR) is 268 cm³/mol. The number of imidazole rings is 1. The Balaban J connectivity index is 1.18. The maximum Gasteiger partial charge on any atom is 0.251 e. The van der Waals surface area contributed by atoms with Crippen molar-refractivity contribution in [1.29, 1.82) is 0 Å². The van der Waals surface area contributed by atoms with E-state index < -0.39 is 11.2 Å². The van der Waals surface area contributed by atoms with Crippen LogP contribution in [0.25, 0.3) is 22.3 Å². The van der Waals surface area contributed by atoms with E-state index in [0.717, 1.165) is 80.7 Å². The maximum atomic E-state index is 15.9. The van der Waals surface area contributed by atoms with Gasteiger partial charge in [0.05, 0.1) is 28.6 Å². The number of fused-ring (bicyclic) bond motifs is 2. The Hall–Kier alpha value is -5.37. The smallest absolute Gasteiger partial charge is 0.251 e. The molecular formula is C54H74FN9O4. The molecule has 4 heterocycles. The molecule has 4 amide bonds. The maximum absolute atomic E-state index is 15.9. The van der Waals surface area contributed by atoms with Gasteiger partial charge in [0.1, 0.15) is 11.3 Å². The van der Waals surface area contributed by atoms with Crippen molar-refractivity contribution in [3.63, 3.8) is 0 Å². The van der Waals surface area contributed by atoms with Crippen LogP contribution in [-0.4, -0.2) is 88.4 Å². The number of hydrogen-bond donors (Lipinski definition) is 4. The standard InChI is InChI=1S/C54H74FN9O4/c1-35(2)59-52(67)43-30-47(45(55)26-37(43)5)61-51-50-48(58-32-63(50)36(3)4)31-46(60-51)40-16-17-44-49(27-40)64(42-28-41(29-42)62-24-10-7-11-25-62)53(68)54(44,21-23-57-34-66)20-18-39(19-22-56-33-65)15-14-38-12-8-6-9-13-38/h16-17,26-27,30-36,38-39,41-42H,6-15,18-25,28-29H2,1-5H3,(H,56,65)(H,57,66)(H,59,67)(H,60,61). The lowest BCUT2D eigenvalue weighted by Gasteiger charge is -2.48. The number of likely N-dealkylation sites (tertiary alicyclic amines) is 1. The summed E-state index contributed by atoms with van der Waals surface area (Å²) in [6.45, 7) is 12.8. The van der Waals surface area contributed by atoms with Gasteiger partial charge < -0.3 is 35.6 Å². The molecule has 4 aromatic rings. The number of hydrogen-bond acceptors (Lipinski definition) is 8. The molecule has 13 nitrogen and oxygen atoms in total. The van der Waals surface area contributed by atoms with Crippen LogP contribution in [0.1, 0.15) is 158 Å². The molecule has 0 radical (unpaired) electrons. The molecule has 0 spiro atoms. The Morgan fingerprint density at radius 1 is 0.882 bits per heavy atom. The lowest BCUT2D eigenvalue weighted by Crippen LogP contribution is -2.57. The van der Waals surface area contributed by atoms with E-state index in [-0.39, 0.29) is 35.6 Å². The first-order valence-corrected chi connectivity index (χ1v) is 25.7. The van der Waals surface area contributed by atoms with E-state index in [2.05, 4.69) is 57.0 Å². The average molecular weight is 932 g/mol. The number of aromatic nitrogens is 3. The molecule has 2 aromatic carbocycles. The van der Waals surface area contributed by atoms with Crippen molar-refractivity contribution >= 4 is 52.9 Å². The molecule has 14 heteroatoms. The highest BCUT2D eigenvalue weighted by Crippen LogP contribution is 2.52. The Kier molecular flexibility index (Phi) is 15.8. The van der Waals surface area contributed by atoms with Gasteiger partial charge >= 0.3 is 0 Å². The summed E-state index contributed by atoms with van der Waals surface area (Å²) in [7, 11) is 0. The summed E-state index contributed by atoms with van der Waals surface area (Å²) in [5.41, 5.74) is 4.82.